The van der Waals surface area contributed by atoms with Crippen molar-refractivity contribution in [3.8, 4) is 0 Å². The number of hydrogen-bond donors (Lipinski definition) is 3. The van der Waals surface area contributed by atoms with Crippen LogP contribution in [0, 0.1) is 0 Å². The molecule has 3 aromatic rings. The van der Waals surface area contributed by atoms with Gasteiger partial charge in [0.05, 0.1) is 0 Å². The summed E-state index contributed by atoms with van der Waals surface area (Å²) in [5.41, 5.74) is 4.41. The van der Waals surface area contributed by atoms with Crippen molar-refractivity contribution in [1.29, 1.82) is 0 Å². The Kier molecular flexibility index (Phi) is 48.2. The minimum Gasteiger partial charge on any atom is -0.402 e. The number of likely N-dealkylation sites (N-methyl/N-ethyl adjacent to an activating group) is 3. The van der Waals surface area contributed by atoms with Gasteiger partial charge in [-0.25, -0.2) is 0 Å². The van der Waals surface area contributed by atoms with E-state index < -0.39 is 7.32 Å². The van der Waals surface area contributed by atoms with E-state index in [1.165, 1.54) is 229 Å². The van der Waals surface area contributed by atoms with Gasteiger partial charge in [-0.05, 0) is 97.5 Å². The third kappa shape index (κ3) is 44.2. The molecule has 3 unspecified atom stereocenters. The van der Waals surface area contributed by atoms with Gasteiger partial charge in [0, 0.05) is 18.1 Å². The van der Waals surface area contributed by atoms with Crippen LogP contribution in [-0.2, 0) is 19.3 Å². The van der Waals surface area contributed by atoms with E-state index in [-0.39, 0.29) is 0 Å². The van der Waals surface area contributed by atoms with E-state index in [9.17, 15) is 0 Å². The molecule has 0 radical (unpaired) electrons. The first-order valence-corrected chi connectivity index (χ1v) is 29.1. The van der Waals surface area contributed by atoms with Crippen molar-refractivity contribution in [3.05, 3.63) is 108 Å². The molecule has 3 N–H and O–H groups in total. The van der Waals surface area contributed by atoms with Gasteiger partial charge in [-0.1, -0.05) is 285 Å². The number of nitrogens with zero attached hydrogens (tertiary/aromatic N) is 3. The van der Waals surface area contributed by atoms with Crippen LogP contribution >= 0.6 is 0 Å². The van der Waals surface area contributed by atoms with Crippen molar-refractivity contribution in [3.63, 3.8) is 0 Å². The smallest absolute Gasteiger partial charge is 0.402 e. The molecule has 0 aliphatic heterocycles. The summed E-state index contributed by atoms with van der Waals surface area (Å²) in [4.78, 5) is 7.20. The Hall–Kier alpha value is -2.52. The van der Waals surface area contributed by atoms with Gasteiger partial charge in [-0.15, -0.1) is 0 Å². The predicted octanol–water partition coefficient (Wildman–Crippen LogP) is 16.2. The lowest BCUT2D eigenvalue weighted by Gasteiger charge is -2.24. The molecule has 0 aromatic heterocycles. The largest absolute Gasteiger partial charge is 0.631 e. The van der Waals surface area contributed by atoms with Gasteiger partial charge in [-0.3, -0.25) is 0 Å². The topological polar surface area (TPSA) is 70.4 Å². The van der Waals surface area contributed by atoms with E-state index in [1.54, 1.807) is 0 Å². The van der Waals surface area contributed by atoms with Crippen LogP contribution in [0.15, 0.2) is 91.0 Å². The van der Waals surface area contributed by atoms with Crippen LogP contribution in [-0.4, -0.2) is 97.5 Å². The van der Waals surface area contributed by atoms with Gasteiger partial charge in [0.2, 0.25) is 0 Å². The molecule has 402 valence electrons. The summed E-state index contributed by atoms with van der Waals surface area (Å²) in [5.74, 6) is 0. The molecule has 0 fully saturated rings. The highest BCUT2D eigenvalue weighted by Gasteiger charge is 2.14. The maximum absolute atomic E-state index is 7.17. The molecule has 7 heteroatoms. The molecular formula is C63H114BN3O3. The van der Waals surface area contributed by atoms with Gasteiger partial charge in [-0.2, -0.15) is 0 Å². The summed E-state index contributed by atoms with van der Waals surface area (Å²) in [6.07, 6.45) is 45.8. The first kappa shape index (κ1) is 67.5. The average molecular weight is 972 g/mol. The second-order valence-electron chi connectivity index (χ2n) is 21.1. The molecule has 0 saturated heterocycles. The second kappa shape index (κ2) is 50.0. The molecule has 0 saturated carbocycles. The van der Waals surface area contributed by atoms with Crippen LogP contribution in [0.4, 0.5) is 0 Å². The zero-order chi connectivity index (χ0) is 51.7. The standard InChI is InChI=1S/3C21H37N.BH3O3/c3*1-4-5-6-7-8-9-10-11-15-18-21(22(2)3)19-20-16-13-12-14-17-20;2-1(3)4/h3*12-14,16-17,21H,4-11,15,18-19H2,1-3H3;2-4H. The monoisotopic (exact) mass is 972 g/mol. The fourth-order valence-corrected chi connectivity index (χ4v) is 9.36. The molecule has 3 aromatic carbocycles. The average Bonchev–Trinajstić information content (AvgIpc) is 3.34. The van der Waals surface area contributed by atoms with Crippen LogP contribution < -0.4 is 0 Å². The van der Waals surface area contributed by atoms with Crippen LogP contribution in [0.25, 0.3) is 0 Å². The molecule has 70 heavy (non-hydrogen) atoms. The van der Waals surface area contributed by atoms with E-state index in [1.807, 2.05) is 0 Å². The Balaban J connectivity index is 0.000000980. The van der Waals surface area contributed by atoms with Crippen LogP contribution in [0.3, 0.4) is 0 Å². The molecule has 6 nitrogen and oxygen atoms in total. The first-order chi connectivity index (χ1) is 33.9. The Morgan fingerprint density at radius 1 is 0.300 bits per heavy atom. The lowest BCUT2D eigenvalue weighted by molar-refractivity contribution is 0.269. The molecule has 3 rings (SSSR count). The van der Waals surface area contributed by atoms with Gasteiger partial charge < -0.3 is 29.8 Å². The number of unbranched alkanes of at least 4 members (excludes halogenated alkanes) is 24. The van der Waals surface area contributed by atoms with Crippen LogP contribution in [0.5, 0.6) is 0 Å². The van der Waals surface area contributed by atoms with Crippen molar-refractivity contribution >= 4 is 7.32 Å². The molecule has 0 amide bonds. The van der Waals surface area contributed by atoms with Crippen molar-refractivity contribution in [2.75, 3.05) is 42.3 Å². The third-order valence-corrected chi connectivity index (χ3v) is 14.1. The molecule has 0 bridgehead atoms. The zero-order valence-corrected chi connectivity index (χ0v) is 47.5. The highest BCUT2D eigenvalue weighted by molar-refractivity contribution is 6.30. The van der Waals surface area contributed by atoms with E-state index >= 15 is 0 Å². The SMILES string of the molecule is CCCCCCCCCCCC(Cc1ccccc1)N(C)C.CCCCCCCCCCCC(Cc1ccccc1)N(C)C.CCCCCCCCCCCC(Cc1ccccc1)N(C)C.OB(O)O. The summed E-state index contributed by atoms with van der Waals surface area (Å²) >= 11 is 0. The molecular weight excluding hydrogens is 858 g/mol. The van der Waals surface area contributed by atoms with Crippen LogP contribution in [0.1, 0.15) is 230 Å². The molecule has 0 aliphatic carbocycles. The van der Waals surface area contributed by atoms with E-state index in [0.717, 1.165) is 0 Å². The summed E-state index contributed by atoms with van der Waals surface area (Å²) in [7, 11) is 11.2. The Morgan fingerprint density at radius 3 is 0.643 bits per heavy atom. The maximum Gasteiger partial charge on any atom is 0.631 e. The lowest BCUT2D eigenvalue weighted by atomic mass is 9.98. The summed E-state index contributed by atoms with van der Waals surface area (Å²) in [6.45, 7) is 6.86. The number of rotatable bonds is 39. The van der Waals surface area contributed by atoms with Gasteiger partial charge >= 0.3 is 7.32 Å². The first-order valence-electron chi connectivity index (χ1n) is 29.1. The quantitative estimate of drug-likeness (QED) is 0.0391. The van der Waals surface area contributed by atoms with E-state index in [0.29, 0.717) is 18.1 Å². The molecule has 0 aliphatic rings. The fourth-order valence-electron chi connectivity index (χ4n) is 9.36. The molecule has 0 heterocycles. The minimum absolute atomic E-state index is 0.687. The minimum atomic E-state index is -2.17. The predicted molar refractivity (Wildman–Crippen MR) is 311 cm³/mol. The fraction of sp³-hybridized carbons (Fsp3) is 0.714. The third-order valence-electron chi connectivity index (χ3n) is 14.1. The molecule has 3 atom stereocenters. The normalized spacial score (nSPS) is 12.4. The maximum atomic E-state index is 7.17. The van der Waals surface area contributed by atoms with Gasteiger partial charge in [0.1, 0.15) is 0 Å². The Bertz CT molecular complexity index is 1270. The highest BCUT2D eigenvalue weighted by atomic mass is 16.5. The van der Waals surface area contributed by atoms with Crippen molar-refractivity contribution < 1.29 is 15.1 Å². The summed E-state index contributed by atoms with van der Waals surface area (Å²) in [6, 6.07) is 34.8. The second-order valence-corrected chi connectivity index (χ2v) is 21.1. The van der Waals surface area contributed by atoms with E-state index in [4.69, 9.17) is 15.1 Å². The summed E-state index contributed by atoms with van der Waals surface area (Å²) < 4.78 is 0. The van der Waals surface area contributed by atoms with Crippen molar-refractivity contribution in [2.24, 2.45) is 0 Å². The zero-order valence-electron chi connectivity index (χ0n) is 47.5. The Labute approximate surface area is 436 Å². The summed E-state index contributed by atoms with van der Waals surface area (Å²) in [5, 5.41) is 21.5. The number of hydrogen-bond acceptors (Lipinski definition) is 6. The lowest BCUT2D eigenvalue weighted by Crippen LogP contribution is -2.30. The Morgan fingerprint density at radius 2 is 0.471 bits per heavy atom. The van der Waals surface area contributed by atoms with Crippen LogP contribution in [0.2, 0.25) is 0 Å². The highest BCUT2D eigenvalue weighted by Crippen LogP contribution is 2.19. The number of benzene rings is 3. The van der Waals surface area contributed by atoms with Gasteiger partial charge in [0.25, 0.3) is 0 Å². The van der Waals surface area contributed by atoms with E-state index in [2.05, 4.69) is 169 Å². The van der Waals surface area contributed by atoms with Crippen molar-refractivity contribution in [1.82, 2.24) is 14.7 Å². The van der Waals surface area contributed by atoms with Crippen molar-refractivity contribution in [2.45, 2.75) is 251 Å². The van der Waals surface area contributed by atoms with Gasteiger partial charge in [0.15, 0.2) is 0 Å². The molecule has 0 spiro atoms.